The molecule has 1 amide bonds. The number of carbonyl (C=O) groups is 1. The maximum absolute atomic E-state index is 12.7. The molecule has 1 heterocycles. The van der Waals surface area contributed by atoms with E-state index >= 15 is 0 Å². The molecule has 1 saturated carbocycles. The smallest absolute Gasteiger partial charge is 0.269 e. The van der Waals surface area contributed by atoms with Crippen molar-refractivity contribution in [2.45, 2.75) is 44.6 Å². The molecule has 0 unspecified atom stereocenters. The van der Waals surface area contributed by atoms with Crippen LogP contribution in [0.5, 0.6) is 0 Å². The fourth-order valence-corrected chi connectivity index (χ4v) is 3.59. The number of nitro benzene ring substituents is 1. The Morgan fingerprint density at radius 2 is 1.89 bits per heavy atom. The van der Waals surface area contributed by atoms with Gasteiger partial charge in [0, 0.05) is 24.5 Å². The number of benzene rings is 1. The van der Waals surface area contributed by atoms with Crippen LogP contribution in [0.4, 0.5) is 5.69 Å². The molecule has 1 aliphatic rings. The molecule has 0 saturated heterocycles. The van der Waals surface area contributed by atoms with E-state index in [1.807, 2.05) is 29.1 Å². The van der Waals surface area contributed by atoms with E-state index in [0.717, 1.165) is 6.42 Å². The van der Waals surface area contributed by atoms with Crippen LogP contribution in [0.15, 0.2) is 53.9 Å². The number of hydrogen-bond acceptors (Lipinski definition) is 4. The van der Waals surface area contributed by atoms with Gasteiger partial charge in [-0.05, 0) is 42.2 Å². The van der Waals surface area contributed by atoms with E-state index in [4.69, 9.17) is 0 Å². The van der Waals surface area contributed by atoms with Crippen LogP contribution >= 0.6 is 0 Å². The monoisotopic (exact) mass is 368 g/mol. The lowest BCUT2D eigenvalue weighted by Crippen LogP contribution is -2.31. The highest BCUT2D eigenvalue weighted by Crippen LogP contribution is 2.31. The van der Waals surface area contributed by atoms with Crippen LogP contribution in [0.25, 0.3) is 0 Å². The van der Waals surface area contributed by atoms with Crippen molar-refractivity contribution >= 4 is 17.8 Å². The van der Waals surface area contributed by atoms with Crippen LogP contribution in [0.1, 0.15) is 50.1 Å². The number of hydrogen-bond donors (Lipinski definition) is 1. The Morgan fingerprint density at radius 1 is 1.22 bits per heavy atom. The molecule has 3 rings (SSSR count). The first-order valence-electron chi connectivity index (χ1n) is 9.33. The first-order chi connectivity index (χ1) is 13.1. The Kier molecular flexibility index (Phi) is 6.35. The first-order valence-corrected chi connectivity index (χ1v) is 9.33. The average Bonchev–Trinajstić information content (AvgIpc) is 3.21. The van der Waals surface area contributed by atoms with E-state index < -0.39 is 4.92 Å². The summed E-state index contributed by atoms with van der Waals surface area (Å²) in [6.07, 6.45) is 12.2. The molecule has 0 bridgehead atoms. The molecule has 2 aromatic rings. The van der Waals surface area contributed by atoms with Gasteiger partial charge in [-0.15, -0.1) is 0 Å². The molecular formula is C20H24N4O3. The molecule has 0 spiro atoms. The molecule has 1 aromatic heterocycles. The second-order valence-corrected chi connectivity index (χ2v) is 6.97. The highest BCUT2D eigenvalue weighted by Gasteiger charge is 2.25. The quantitative estimate of drug-likeness (QED) is 0.454. The highest BCUT2D eigenvalue weighted by atomic mass is 16.6. The summed E-state index contributed by atoms with van der Waals surface area (Å²) < 4.78 is 1.94. The maximum atomic E-state index is 12.7. The number of hydrazone groups is 1. The number of amides is 1. The zero-order valence-corrected chi connectivity index (χ0v) is 15.2. The minimum atomic E-state index is -0.449. The van der Waals surface area contributed by atoms with Crippen molar-refractivity contribution < 1.29 is 9.72 Å². The zero-order chi connectivity index (χ0) is 19.1. The van der Waals surface area contributed by atoms with Crippen LogP contribution in [0, 0.1) is 16.0 Å². The predicted molar refractivity (Wildman–Crippen MR) is 103 cm³/mol. The SMILES string of the molecule is O=C(N/N=C\c1ccc([N+](=O)[O-])cc1)[C@@H](CC1CCCCC1)n1cccc1. The Bertz CT molecular complexity index is 778. The number of aromatic nitrogens is 1. The summed E-state index contributed by atoms with van der Waals surface area (Å²) in [7, 11) is 0. The maximum Gasteiger partial charge on any atom is 0.269 e. The van der Waals surface area contributed by atoms with Gasteiger partial charge in [0.15, 0.2) is 0 Å². The van der Waals surface area contributed by atoms with Crippen molar-refractivity contribution in [3.8, 4) is 0 Å². The van der Waals surface area contributed by atoms with Crippen LogP contribution in [-0.2, 0) is 4.79 Å². The molecule has 1 fully saturated rings. The van der Waals surface area contributed by atoms with Crippen molar-refractivity contribution in [1.29, 1.82) is 0 Å². The van der Waals surface area contributed by atoms with Gasteiger partial charge in [0.2, 0.25) is 0 Å². The van der Waals surface area contributed by atoms with Gasteiger partial charge in [-0.1, -0.05) is 32.1 Å². The average molecular weight is 368 g/mol. The third-order valence-corrected chi connectivity index (χ3v) is 5.06. The lowest BCUT2D eigenvalue weighted by atomic mass is 9.84. The minimum Gasteiger partial charge on any atom is -0.342 e. The summed E-state index contributed by atoms with van der Waals surface area (Å²) in [5.74, 6) is 0.422. The van der Waals surface area contributed by atoms with E-state index in [9.17, 15) is 14.9 Å². The Hall–Kier alpha value is -2.96. The van der Waals surface area contributed by atoms with Gasteiger partial charge in [-0.2, -0.15) is 5.10 Å². The molecule has 27 heavy (non-hydrogen) atoms. The predicted octanol–water partition coefficient (Wildman–Crippen LogP) is 4.06. The normalized spacial score (nSPS) is 16.3. The first kappa shape index (κ1) is 18.8. The second kappa shape index (κ2) is 9.12. The van der Waals surface area contributed by atoms with Gasteiger partial charge in [0.05, 0.1) is 11.1 Å². The third-order valence-electron chi connectivity index (χ3n) is 5.06. The number of nitrogens with zero attached hydrogens (tertiary/aromatic N) is 3. The van der Waals surface area contributed by atoms with Crippen molar-refractivity contribution in [3.05, 3.63) is 64.5 Å². The van der Waals surface area contributed by atoms with E-state index in [2.05, 4.69) is 10.5 Å². The summed E-state index contributed by atoms with van der Waals surface area (Å²) >= 11 is 0. The fraction of sp³-hybridized carbons (Fsp3) is 0.400. The summed E-state index contributed by atoms with van der Waals surface area (Å²) in [6, 6.07) is 9.57. The van der Waals surface area contributed by atoms with E-state index in [1.165, 1.54) is 50.5 Å². The second-order valence-electron chi connectivity index (χ2n) is 6.97. The molecule has 1 N–H and O–H groups in total. The molecule has 7 heteroatoms. The van der Waals surface area contributed by atoms with Crippen LogP contribution in [0.3, 0.4) is 0 Å². The van der Waals surface area contributed by atoms with Gasteiger partial charge in [-0.3, -0.25) is 14.9 Å². The lowest BCUT2D eigenvalue weighted by Gasteiger charge is -2.26. The van der Waals surface area contributed by atoms with Gasteiger partial charge in [0.1, 0.15) is 6.04 Å². The summed E-state index contributed by atoms with van der Waals surface area (Å²) in [6.45, 7) is 0. The van der Waals surface area contributed by atoms with Crippen LogP contribution in [0.2, 0.25) is 0 Å². The molecular weight excluding hydrogens is 344 g/mol. The molecule has 0 radical (unpaired) electrons. The summed E-state index contributed by atoms with van der Waals surface area (Å²) in [5.41, 5.74) is 3.33. The van der Waals surface area contributed by atoms with Gasteiger partial charge in [-0.25, -0.2) is 5.43 Å². The van der Waals surface area contributed by atoms with Gasteiger partial charge in [0.25, 0.3) is 11.6 Å². The van der Waals surface area contributed by atoms with E-state index in [1.54, 1.807) is 12.1 Å². The molecule has 7 nitrogen and oxygen atoms in total. The highest BCUT2D eigenvalue weighted by molar-refractivity contribution is 5.84. The molecule has 1 aliphatic carbocycles. The molecule has 0 aliphatic heterocycles. The minimum absolute atomic E-state index is 0.0244. The zero-order valence-electron chi connectivity index (χ0n) is 15.2. The lowest BCUT2D eigenvalue weighted by molar-refractivity contribution is -0.384. The van der Waals surface area contributed by atoms with Crippen molar-refractivity contribution in [2.75, 3.05) is 0 Å². The van der Waals surface area contributed by atoms with Gasteiger partial charge < -0.3 is 4.57 Å². The number of rotatable bonds is 7. The van der Waals surface area contributed by atoms with Crippen molar-refractivity contribution in [1.82, 2.24) is 9.99 Å². The number of nitro groups is 1. The van der Waals surface area contributed by atoms with Gasteiger partial charge >= 0.3 is 0 Å². The summed E-state index contributed by atoms with van der Waals surface area (Å²) in [5, 5.41) is 14.7. The van der Waals surface area contributed by atoms with Crippen molar-refractivity contribution in [2.24, 2.45) is 11.0 Å². The largest absolute Gasteiger partial charge is 0.342 e. The molecule has 142 valence electrons. The number of non-ortho nitro benzene ring substituents is 1. The Labute approximate surface area is 158 Å². The van der Waals surface area contributed by atoms with Crippen molar-refractivity contribution in [3.63, 3.8) is 0 Å². The molecule has 1 atom stereocenters. The number of carbonyl (C=O) groups excluding carboxylic acids is 1. The summed E-state index contributed by atoms with van der Waals surface area (Å²) in [4.78, 5) is 22.9. The Balaban J connectivity index is 1.62. The fourth-order valence-electron chi connectivity index (χ4n) is 3.59. The molecule has 1 aromatic carbocycles. The van der Waals surface area contributed by atoms with Crippen LogP contribution in [-0.4, -0.2) is 21.6 Å². The third kappa shape index (κ3) is 5.26. The standard InChI is InChI=1S/C20H24N4O3/c25-20(22-21-15-17-8-10-18(11-9-17)24(26)27)19(23-12-4-5-13-23)14-16-6-2-1-3-7-16/h4-5,8-13,15-16,19H,1-3,6-7,14H2,(H,22,25)/b21-15-/t19-/m1/s1. The Morgan fingerprint density at radius 3 is 2.52 bits per heavy atom. The van der Waals surface area contributed by atoms with E-state index in [0.29, 0.717) is 11.5 Å². The van der Waals surface area contributed by atoms with E-state index in [-0.39, 0.29) is 17.6 Å². The van der Waals surface area contributed by atoms with Crippen LogP contribution < -0.4 is 5.43 Å². The number of nitrogens with one attached hydrogen (secondary N) is 1. The topological polar surface area (TPSA) is 89.5 Å².